The van der Waals surface area contributed by atoms with Crippen molar-refractivity contribution in [2.45, 2.75) is 32.6 Å². The number of Topliss-reactive ketones (excluding diaryl/α,β-unsaturated/α-hetero) is 1. The lowest BCUT2D eigenvalue weighted by molar-refractivity contribution is 0.101. The van der Waals surface area contributed by atoms with Crippen LogP contribution in [0.1, 0.15) is 41.4 Å². The van der Waals surface area contributed by atoms with Gasteiger partial charge < -0.3 is 5.73 Å². The zero-order valence-electron chi connectivity index (χ0n) is 10.5. The lowest BCUT2D eigenvalue weighted by atomic mass is 9.92. The molecule has 0 atom stereocenters. The smallest absolute Gasteiger partial charge is 0.159 e. The Labute approximate surface area is 106 Å². The maximum Gasteiger partial charge on any atom is 0.159 e. The SMILES string of the molecule is CC(=O)c1ccc2nc3c(c(N)c2c1)CCCC3. The predicted molar refractivity (Wildman–Crippen MR) is 72.8 cm³/mol. The minimum Gasteiger partial charge on any atom is -0.398 e. The number of nitrogen functional groups attached to an aromatic ring is 1. The van der Waals surface area contributed by atoms with Crippen molar-refractivity contribution in [3.8, 4) is 0 Å². The molecule has 18 heavy (non-hydrogen) atoms. The first-order chi connectivity index (χ1) is 8.66. The van der Waals surface area contributed by atoms with Gasteiger partial charge in [0.1, 0.15) is 0 Å². The van der Waals surface area contributed by atoms with E-state index in [0.29, 0.717) is 5.56 Å². The molecule has 2 N–H and O–H groups in total. The number of aryl methyl sites for hydroxylation is 1. The van der Waals surface area contributed by atoms with E-state index in [4.69, 9.17) is 5.73 Å². The highest BCUT2D eigenvalue weighted by molar-refractivity contribution is 6.01. The van der Waals surface area contributed by atoms with Gasteiger partial charge in [0.25, 0.3) is 0 Å². The summed E-state index contributed by atoms with van der Waals surface area (Å²) in [4.78, 5) is 16.1. The molecule has 0 bridgehead atoms. The fourth-order valence-electron chi connectivity index (χ4n) is 2.68. The van der Waals surface area contributed by atoms with Crippen LogP contribution in [0.3, 0.4) is 0 Å². The van der Waals surface area contributed by atoms with Gasteiger partial charge in [-0.1, -0.05) is 0 Å². The summed E-state index contributed by atoms with van der Waals surface area (Å²) in [6, 6.07) is 5.60. The molecule has 0 aliphatic heterocycles. The molecule has 0 unspecified atom stereocenters. The number of hydrogen-bond donors (Lipinski definition) is 1. The summed E-state index contributed by atoms with van der Waals surface area (Å²) in [5.41, 5.74) is 11.0. The van der Waals surface area contributed by atoms with E-state index < -0.39 is 0 Å². The van der Waals surface area contributed by atoms with Gasteiger partial charge in [-0.2, -0.15) is 0 Å². The minimum absolute atomic E-state index is 0.0639. The summed E-state index contributed by atoms with van der Waals surface area (Å²) >= 11 is 0. The molecule has 0 spiro atoms. The first kappa shape index (κ1) is 11.2. The molecule has 0 saturated heterocycles. The van der Waals surface area contributed by atoms with Gasteiger partial charge in [0.2, 0.25) is 0 Å². The highest BCUT2D eigenvalue weighted by Gasteiger charge is 2.16. The molecule has 92 valence electrons. The number of carbonyl (C=O) groups is 1. The van der Waals surface area contributed by atoms with E-state index in [0.717, 1.165) is 35.1 Å². The lowest BCUT2D eigenvalue weighted by Gasteiger charge is -2.18. The number of benzene rings is 1. The molecule has 1 aromatic carbocycles. The van der Waals surface area contributed by atoms with Gasteiger partial charge >= 0.3 is 0 Å². The molecular weight excluding hydrogens is 224 g/mol. The van der Waals surface area contributed by atoms with Crippen molar-refractivity contribution < 1.29 is 4.79 Å². The van der Waals surface area contributed by atoms with Gasteiger partial charge in [0.15, 0.2) is 5.78 Å². The molecule has 3 heteroatoms. The number of rotatable bonds is 1. The summed E-state index contributed by atoms with van der Waals surface area (Å²) in [6.45, 7) is 1.57. The van der Waals surface area contributed by atoms with Crippen LogP contribution >= 0.6 is 0 Å². The first-order valence-electron chi connectivity index (χ1n) is 6.39. The van der Waals surface area contributed by atoms with Gasteiger partial charge in [-0.15, -0.1) is 0 Å². The second kappa shape index (κ2) is 4.09. The highest BCUT2D eigenvalue weighted by atomic mass is 16.1. The molecule has 3 rings (SSSR count). The molecule has 1 heterocycles. The maximum absolute atomic E-state index is 11.4. The molecule has 2 aromatic rings. The monoisotopic (exact) mass is 240 g/mol. The Balaban J connectivity index is 2.29. The van der Waals surface area contributed by atoms with Crippen molar-refractivity contribution in [3.63, 3.8) is 0 Å². The zero-order valence-corrected chi connectivity index (χ0v) is 10.5. The Kier molecular flexibility index (Phi) is 2.54. The van der Waals surface area contributed by atoms with Crippen LogP contribution in [0, 0.1) is 0 Å². The van der Waals surface area contributed by atoms with Crippen LogP contribution < -0.4 is 5.73 Å². The second-order valence-corrected chi connectivity index (χ2v) is 4.95. The van der Waals surface area contributed by atoms with Gasteiger partial charge in [0.05, 0.1) is 5.52 Å². The van der Waals surface area contributed by atoms with Crippen molar-refractivity contribution in [1.29, 1.82) is 0 Å². The van der Waals surface area contributed by atoms with Crippen LogP contribution in [-0.2, 0) is 12.8 Å². The van der Waals surface area contributed by atoms with E-state index in [1.165, 1.54) is 18.4 Å². The number of ketones is 1. The van der Waals surface area contributed by atoms with E-state index in [-0.39, 0.29) is 5.78 Å². The zero-order chi connectivity index (χ0) is 12.7. The third-order valence-corrected chi connectivity index (χ3v) is 3.71. The molecule has 1 aliphatic rings. The molecule has 1 aliphatic carbocycles. The van der Waals surface area contributed by atoms with Gasteiger partial charge in [0, 0.05) is 22.3 Å². The summed E-state index contributed by atoms with van der Waals surface area (Å²) in [5, 5.41) is 0.920. The summed E-state index contributed by atoms with van der Waals surface area (Å²) < 4.78 is 0. The number of carbonyl (C=O) groups excluding carboxylic acids is 1. The van der Waals surface area contributed by atoms with E-state index in [1.54, 1.807) is 6.92 Å². The second-order valence-electron chi connectivity index (χ2n) is 4.95. The fourth-order valence-corrected chi connectivity index (χ4v) is 2.68. The van der Waals surface area contributed by atoms with Crippen LogP contribution in [0.15, 0.2) is 18.2 Å². The van der Waals surface area contributed by atoms with Crippen LogP contribution in [-0.4, -0.2) is 10.8 Å². The van der Waals surface area contributed by atoms with E-state index >= 15 is 0 Å². The van der Waals surface area contributed by atoms with Crippen molar-refractivity contribution in [2.24, 2.45) is 0 Å². The number of pyridine rings is 1. The summed E-state index contributed by atoms with van der Waals surface area (Å²) in [5.74, 6) is 0.0639. The van der Waals surface area contributed by atoms with Crippen LogP contribution in [0.2, 0.25) is 0 Å². The Morgan fingerprint density at radius 1 is 1.28 bits per heavy atom. The molecule has 0 fully saturated rings. The molecule has 0 amide bonds. The Bertz CT molecular complexity index is 646. The van der Waals surface area contributed by atoms with Crippen molar-refractivity contribution >= 4 is 22.4 Å². The van der Waals surface area contributed by atoms with Crippen LogP contribution in [0.4, 0.5) is 5.69 Å². The maximum atomic E-state index is 11.4. The quantitative estimate of drug-likeness (QED) is 0.780. The summed E-state index contributed by atoms with van der Waals surface area (Å²) in [7, 11) is 0. The number of anilines is 1. The Morgan fingerprint density at radius 3 is 2.83 bits per heavy atom. The van der Waals surface area contributed by atoms with Gasteiger partial charge in [-0.3, -0.25) is 9.78 Å². The fraction of sp³-hybridized carbons (Fsp3) is 0.333. The Morgan fingerprint density at radius 2 is 2.06 bits per heavy atom. The summed E-state index contributed by atoms with van der Waals surface area (Å²) in [6.07, 6.45) is 4.39. The third-order valence-electron chi connectivity index (χ3n) is 3.71. The molecule has 0 saturated carbocycles. The Hall–Kier alpha value is -1.90. The third kappa shape index (κ3) is 1.67. The lowest BCUT2D eigenvalue weighted by Crippen LogP contribution is -2.09. The van der Waals surface area contributed by atoms with Crippen molar-refractivity contribution in [1.82, 2.24) is 4.98 Å². The average molecular weight is 240 g/mol. The minimum atomic E-state index is 0.0639. The molecule has 0 radical (unpaired) electrons. The topological polar surface area (TPSA) is 56.0 Å². The first-order valence-corrected chi connectivity index (χ1v) is 6.39. The highest BCUT2D eigenvalue weighted by Crippen LogP contribution is 2.31. The standard InChI is InChI=1S/C15H16N2O/c1-9(18)10-6-7-14-12(8-10)15(16)11-4-2-3-5-13(11)17-14/h6-8H,2-5H2,1H3,(H2,16,17). The van der Waals surface area contributed by atoms with Crippen molar-refractivity contribution in [2.75, 3.05) is 5.73 Å². The van der Waals surface area contributed by atoms with E-state index in [9.17, 15) is 4.79 Å². The normalized spacial score (nSPS) is 14.5. The number of nitrogens with zero attached hydrogens (tertiary/aromatic N) is 1. The van der Waals surface area contributed by atoms with Crippen molar-refractivity contribution in [3.05, 3.63) is 35.0 Å². The number of nitrogens with two attached hydrogens (primary N) is 1. The van der Waals surface area contributed by atoms with E-state index in [1.807, 2.05) is 18.2 Å². The van der Waals surface area contributed by atoms with Crippen LogP contribution in [0.25, 0.3) is 10.9 Å². The molecule has 3 nitrogen and oxygen atoms in total. The average Bonchev–Trinajstić information content (AvgIpc) is 2.38. The number of hydrogen-bond acceptors (Lipinski definition) is 3. The number of aromatic nitrogens is 1. The molecule has 1 aromatic heterocycles. The van der Waals surface area contributed by atoms with Crippen LogP contribution in [0.5, 0.6) is 0 Å². The largest absolute Gasteiger partial charge is 0.398 e. The van der Waals surface area contributed by atoms with Gasteiger partial charge in [-0.25, -0.2) is 0 Å². The van der Waals surface area contributed by atoms with E-state index in [2.05, 4.69) is 4.98 Å². The van der Waals surface area contributed by atoms with Gasteiger partial charge in [-0.05, 0) is 56.4 Å². The predicted octanol–water partition coefficient (Wildman–Crippen LogP) is 2.90. The molecular formula is C15H16N2O. The number of fused-ring (bicyclic) bond motifs is 2.